The van der Waals surface area contributed by atoms with E-state index < -0.39 is 0 Å². The SMILES string of the molecule is O=C(c1cn[nH]c1-c1ccccc1)N1CCCC(c2nc(-c3cccc(F)c3)no2)C1. The first kappa shape index (κ1) is 19.2. The van der Waals surface area contributed by atoms with Crippen LogP contribution in [0.15, 0.2) is 65.3 Å². The van der Waals surface area contributed by atoms with Crippen LogP contribution in [0, 0.1) is 5.82 Å². The van der Waals surface area contributed by atoms with Gasteiger partial charge in [-0.1, -0.05) is 47.6 Å². The third-order valence-corrected chi connectivity index (χ3v) is 5.51. The summed E-state index contributed by atoms with van der Waals surface area (Å²) in [6, 6.07) is 15.7. The van der Waals surface area contributed by atoms with Crippen LogP contribution in [0.25, 0.3) is 22.6 Å². The number of aromatic amines is 1. The molecule has 1 unspecified atom stereocenters. The molecule has 3 heterocycles. The second-order valence-electron chi connectivity index (χ2n) is 7.58. The average molecular weight is 417 g/mol. The van der Waals surface area contributed by atoms with Crippen molar-refractivity contribution in [2.75, 3.05) is 13.1 Å². The summed E-state index contributed by atoms with van der Waals surface area (Å²) in [7, 11) is 0. The summed E-state index contributed by atoms with van der Waals surface area (Å²) in [6.45, 7) is 1.13. The van der Waals surface area contributed by atoms with Gasteiger partial charge in [-0.25, -0.2) is 4.39 Å². The van der Waals surface area contributed by atoms with Gasteiger partial charge in [-0.05, 0) is 25.0 Å². The van der Waals surface area contributed by atoms with Gasteiger partial charge in [0, 0.05) is 24.2 Å². The fourth-order valence-electron chi connectivity index (χ4n) is 3.95. The van der Waals surface area contributed by atoms with Crippen molar-refractivity contribution in [3.63, 3.8) is 0 Å². The molecule has 1 aliphatic rings. The van der Waals surface area contributed by atoms with E-state index in [9.17, 15) is 9.18 Å². The first-order valence-electron chi connectivity index (χ1n) is 10.2. The number of carbonyl (C=O) groups is 1. The molecule has 1 fully saturated rings. The molecule has 0 bridgehead atoms. The van der Waals surface area contributed by atoms with E-state index >= 15 is 0 Å². The molecule has 31 heavy (non-hydrogen) atoms. The van der Waals surface area contributed by atoms with Crippen molar-refractivity contribution in [2.45, 2.75) is 18.8 Å². The van der Waals surface area contributed by atoms with Crippen LogP contribution in [0.1, 0.15) is 35.0 Å². The van der Waals surface area contributed by atoms with Crippen LogP contribution in [0.4, 0.5) is 4.39 Å². The Bertz CT molecular complexity index is 1200. The zero-order valence-corrected chi connectivity index (χ0v) is 16.7. The van der Waals surface area contributed by atoms with E-state index in [1.165, 1.54) is 12.1 Å². The Labute approximate surface area is 177 Å². The van der Waals surface area contributed by atoms with Gasteiger partial charge < -0.3 is 9.42 Å². The molecule has 0 radical (unpaired) electrons. The van der Waals surface area contributed by atoms with Crippen molar-refractivity contribution in [2.24, 2.45) is 0 Å². The minimum absolute atomic E-state index is 0.0698. The van der Waals surface area contributed by atoms with Crippen molar-refractivity contribution in [1.82, 2.24) is 25.2 Å². The van der Waals surface area contributed by atoms with Gasteiger partial charge >= 0.3 is 0 Å². The van der Waals surface area contributed by atoms with E-state index in [1.54, 1.807) is 23.2 Å². The van der Waals surface area contributed by atoms with E-state index in [0.29, 0.717) is 41.6 Å². The van der Waals surface area contributed by atoms with Gasteiger partial charge in [0.2, 0.25) is 11.7 Å². The molecule has 0 spiro atoms. The largest absolute Gasteiger partial charge is 0.339 e. The Morgan fingerprint density at radius 2 is 1.97 bits per heavy atom. The van der Waals surface area contributed by atoms with Gasteiger partial charge in [0.05, 0.1) is 23.4 Å². The van der Waals surface area contributed by atoms with Crippen LogP contribution < -0.4 is 0 Å². The molecule has 1 amide bonds. The monoisotopic (exact) mass is 417 g/mol. The zero-order chi connectivity index (χ0) is 21.2. The zero-order valence-electron chi connectivity index (χ0n) is 16.7. The lowest BCUT2D eigenvalue weighted by Gasteiger charge is -2.31. The minimum Gasteiger partial charge on any atom is -0.339 e. The number of amides is 1. The van der Waals surface area contributed by atoms with E-state index in [4.69, 9.17) is 4.52 Å². The molecule has 1 atom stereocenters. The van der Waals surface area contributed by atoms with Crippen LogP contribution in [-0.2, 0) is 0 Å². The number of rotatable bonds is 4. The number of hydrogen-bond donors (Lipinski definition) is 1. The standard InChI is InChI=1S/C23H20FN5O2/c24-18-10-4-8-16(12-18)21-26-22(31-28-21)17-9-5-11-29(14-17)23(30)19-13-25-27-20(19)15-6-2-1-3-7-15/h1-4,6-8,10,12-13,17H,5,9,11,14H2,(H,25,27). The highest BCUT2D eigenvalue weighted by atomic mass is 19.1. The lowest BCUT2D eigenvalue weighted by Crippen LogP contribution is -2.39. The molecule has 1 N–H and O–H groups in total. The van der Waals surface area contributed by atoms with Crippen LogP contribution in [0.2, 0.25) is 0 Å². The molecule has 1 saturated heterocycles. The second-order valence-corrected chi connectivity index (χ2v) is 7.58. The van der Waals surface area contributed by atoms with Crippen molar-refractivity contribution in [3.05, 3.63) is 78.1 Å². The third-order valence-electron chi connectivity index (χ3n) is 5.51. The molecule has 1 aliphatic heterocycles. The van der Waals surface area contributed by atoms with Gasteiger partial charge in [0.25, 0.3) is 5.91 Å². The van der Waals surface area contributed by atoms with Crippen molar-refractivity contribution in [1.29, 1.82) is 0 Å². The highest BCUT2D eigenvalue weighted by molar-refractivity contribution is 5.99. The molecular weight excluding hydrogens is 397 g/mol. The third kappa shape index (κ3) is 3.84. The number of nitrogens with zero attached hydrogens (tertiary/aromatic N) is 4. The fourth-order valence-corrected chi connectivity index (χ4v) is 3.95. The maximum atomic E-state index is 13.5. The molecule has 0 saturated carbocycles. The van der Waals surface area contributed by atoms with Crippen LogP contribution >= 0.6 is 0 Å². The van der Waals surface area contributed by atoms with E-state index in [-0.39, 0.29) is 17.6 Å². The molecule has 8 heteroatoms. The summed E-state index contributed by atoms with van der Waals surface area (Å²) < 4.78 is 19.0. The maximum absolute atomic E-state index is 13.5. The number of piperidine rings is 1. The smallest absolute Gasteiger partial charge is 0.257 e. The summed E-state index contributed by atoms with van der Waals surface area (Å²) in [6.07, 6.45) is 3.24. The Morgan fingerprint density at radius 3 is 2.81 bits per heavy atom. The number of H-pyrrole nitrogens is 1. The molecule has 0 aliphatic carbocycles. The fraction of sp³-hybridized carbons (Fsp3) is 0.217. The Kier molecular flexibility index (Phi) is 5.03. The summed E-state index contributed by atoms with van der Waals surface area (Å²) in [5.41, 5.74) is 2.72. The molecular formula is C23H20FN5O2. The average Bonchev–Trinajstić information content (AvgIpc) is 3.50. The Morgan fingerprint density at radius 1 is 1.13 bits per heavy atom. The predicted octanol–water partition coefficient (Wildman–Crippen LogP) is 4.29. The summed E-state index contributed by atoms with van der Waals surface area (Å²) in [4.78, 5) is 19.5. The number of hydrogen-bond acceptors (Lipinski definition) is 5. The van der Waals surface area contributed by atoms with Crippen LogP contribution in [-0.4, -0.2) is 44.2 Å². The minimum atomic E-state index is -0.354. The van der Waals surface area contributed by atoms with Crippen LogP contribution in [0.5, 0.6) is 0 Å². The second kappa shape index (κ2) is 8.14. The topological polar surface area (TPSA) is 87.9 Å². The van der Waals surface area contributed by atoms with E-state index in [2.05, 4.69) is 20.3 Å². The number of nitrogens with one attached hydrogen (secondary N) is 1. The number of halogens is 1. The van der Waals surface area contributed by atoms with Crippen LogP contribution in [0.3, 0.4) is 0 Å². The predicted molar refractivity (Wildman–Crippen MR) is 112 cm³/mol. The van der Waals surface area contributed by atoms with Gasteiger partial charge in [-0.2, -0.15) is 10.1 Å². The van der Waals surface area contributed by atoms with E-state index in [1.807, 2.05) is 30.3 Å². The molecule has 5 rings (SSSR count). The lowest BCUT2D eigenvalue weighted by atomic mass is 9.97. The number of aromatic nitrogens is 4. The number of benzene rings is 2. The Hall–Kier alpha value is -3.81. The first-order chi connectivity index (χ1) is 15.2. The van der Waals surface area contributed by atoms with Crippen molar-refractivity contribution in [3.8, 4) is 22.6 Å². The molecule has 7 nitrogen and oxygen atoms in total. The normalized spacial score (nSPS) is 16.4. The first-order valence-corrected chi connectivity index (χ1v) is 10.2. The van der Waals surface area contributed by atoms with Gasteiger partial charge in [-0.15, -0.1) is 0 Å². The highest BCUT2D eigenvalue weighted by Crippen LogP contribution is 2.30. The number of likely N-dealkylation sites (tertiary alicyclic amines) is 1. The molecule has 156 valence electrons. The van der Waals surface area contributed by atoms with Crippen molar-refractivity contribution < 1.29 is 13.7 Å². The van der Waals surface area contributed by atoms with Crippen molar-refractivity contribution >= 4 is 5.91 Å². The summed E-state index contributed by atoms with van der Waals surface area (Å²) >= 11 is 0. The molecule has 2 aromatic heterocycles. The summed E-state index contributed by atoms with van der Waals surface area (Å²) in [5.74, 6) is 0.306. The Balaban J connectivity index is 1.35. The molecule has 4 aromatic rings. The van der Waals surface area contributed by atoms with E-state index in [0.717, 1.165) is 18.4 Å². The van der Waals surface area contributed by atoms with Gasteiger partial charge in [-0.3, -0.25) is 9.89 Å². The van der Waals surface area contributed by atoms with Gasteiger partial charge in [0.15, 0.2) is 0 Å². The maximum Gasteiger partial charge on any atom is 0.257 e. The number of carbonyl (C=O) groups excluding carboxylic acids is 1. The lowest BCUT2D eigenvalue weighted by molar-refractivity contribution is 0.0696. The highest BCUT2D eigenvalue weighted by Gasteiger charge is 2.30. The summed E-state index contributed by atoms with van der Waals surface area (Å²) in [5, 5.41) is 11.0. The van der Waals surface area contributed by atoms with Gasteiger partial charge in [0.1, 0.15) is 5.82 Å². The molecule has 2 aromatic carbocycles. The quantitative estimate of drug-likeness (QED) is 0.535.